The number of hydrogen-bond acceptors (Lipinski definition) is 3. The third-order valence-electron chi connectivity index (χ3n) is 4.19. The molecule has 1 aliphatic rings. The molecule has 5 nitrogen and oxygen atoms in total. The van der Waals surface area contributed by atoms with Gasteiger partial charge >= 0.3 is 0 Å². The Morgan fingerprint density at radius 2 is 2.15 bits per heavy atom. The molecule has 0 saturated carbocycles. The number of nitrogens with one attached hydrogen (secondary N) is 2. The molecule has 1 saturated heterocycles. The van der Waals surface area contributed by atoms with Gasteiger partial charge in [0.1, 0.15) is 0 Å². The molecular formula is C15H26N4O. The second-order valence-electron chi connectivity index (χ2n) is 6.07. The minimum atomic E-state index is -0.191. The van der Waals surface area contributed by atoms with E-state index < -0.39 is 0 Å². The van der Waals surface area contributed by atoms with Crippen LogP contribution in [0.15, 0.2) is 6.07 Å². The number of carbonyl (C=O) groups is 1. The van der Waals surface area contributed by atoms with Crippen LogP contribution >= 0.6 is 0 Å². The molecule has 1 amide bonds. The molecule has 1 aromatic rings. The first-order valence-corrected chi connectivity index (χ1v) is 7.51. The fraction of sp³-hybridized carbons (Fsp3) is 0.733. The van der Waals surface area contributed by atoms with E-state index in [2.05, 4.69) is 35.6 Å². The number of rotatable bonds is 5. The Balaban J connectivity index is 1.73. The highest BCUT2D eigenvalue weighted by molar-refractivity contribution is 5.82. The van der Waals surface area contributed by atoms with Gasteiger partial charge in [-0.15, -0.1) is 0 Å². The monoisotopic (exact) mass is 278 g/mol. The van der Waals surface area contributed by atoms with Crippen molar-refractivity contribution in [1.29, 1.82) is 0 Å². The summed E-state index contributed by atoms with van der Waals surface area (Å²) in [5, 5.41) is 10.8. The Morgan fingerprint density at radius 1 is 1.45 bits per heavy atom. The summed E-state index contributed by atoms with van der Waals surface area (Å²) >= 11 is 0. The van der Waals surface area contributed by atoms with E-state index in [-0.39, 0.29) is 11.3 Å². The largest absolute Gasteiger partial charge is 0.356 e. The maximum Gasteiger partial charge on any atom is 0.226 e. The van der Waals surface area contributed by atoms with Crippen molar-refractivity contribution in [3.63, 3.8) is 0 Å². The SMILES string of the molecule is Cc1cc(C)n(CCCNC(=O)C2(C)CCNCC2)n1. The molecule has 0 aliphatic carbocycles. The average molecular weight is 278 g/mol. The molecule has 0 spiro atoms. The molecule has 0 radical (unpaired) electrons. The molecule has 0 atom stereocenters. The molecule has 1 aliphatic heterocycles. The van der Waals surface area contributed by atoms with Gasteiger partial charge in [0.2, 0.25) is 5.91 Å². The Bertz CT molecular complexity index is 460. The molecular weight excluding hydrogens is 252 g/mol. The Kier molecular flexibility index (Phi) is 4.81. The number of piperidine rings is 1. The van der Waals surface area contributed by atoms with E-state index in [1.807, 2.05) is 11.6 Å². The molecule has 20 heavy (non-hydrogen) atoms. The quantitative estimate of drug-likeness (QED) is 0.800. The van der Waals surface area contributed by atoms with Crippen molar-refractivity contribution in [1.82, 2.24) is 20.4 Å². The summed E-state index contributed by atoms with van der Waals surface area (Å²) in [5.74, 6) is 0.201. The van der Waals surface area contributed by atoms with E-state index in [0.717, 1.165) is 51.1 Å². The summed E-state index contributed by atoms with van der Waals surface area (Å²) in [6, 6.07) is 2.08. The van der Waals surface area contributed by atoms with Crippen molar-refractivity contribution in [2.75, 3.05) is 19.6 Å². The van der Waals surface area contributed by atoms with Crippen LogP contribution in [0.2, 0.25) is 0 Å². The first-order chi connectivity index (χ1) is 9.51. The van der Waals surface area contributed by atoms with Crippen LogP contribution < -0.4 is 10.6 Å². The molecule has 2 heterocycles. The second-order valence-corrected chi connectivity index (χ2v) is 6.07. The normalized spacial score (nSPS) is 17.9. The lowest BCUT2D eigenvalue weighted by molar-refractivity contribution is -0.131. The van der Waals surface area contributed by atoms with Gasteiger partial charge in [-0.3, -0.25) is 9.48 Å². The van der Waals surface area contributed by atoms with Crippen LogP contribution in [0.3, 0.4) is 0 Å². The van der Waals surface area contributed by atoms with Crippen LogP contribution in [0.5, 0.6) is 0 Å². The molecule has 5 heteroatoms. The Hall–Kier alpha value is -1.36. The highest BCUT2D eigenvalue weighted by Crippen LogP contribution is 2.27. The van der Waals surface area contributed by atoms with Crippen LogP contribution in [0.1, 0.15) is 37.6 Å². The number of aromatic nitrogens is 2. The molecule has 0 aromatic carbocycles. The van der Waals surface area contributed by atoms with Gasteiger partial charge in [0.25, 0.3) is 0 Å². The maximum absolute atomic E-state index is 12.2. The number of carbonyl (C=O) groups excluding carboxylic acids is 1. The summed E-state index contributed by atoms with van der Waals surface area (Å²) in [4.78, 5) is 12.2. The first kappa shape index (κ1) is 15.0. The zero-order chi connectivity index (χ0) is 14.6. The van der Waals surface area contributed by atoms with E-state index in [1.165, 1.54) is 5.69 Å². The molecule has 1 fully saturated rings. The maximum atomic E-state index is 12.2. The lowest BCUT2D eigenvalue weighted by Gasteiger charge is -2.32. The van der Waals surface area contributed by atoms with E-state index in [1.54, 1.807) is 0 Å². The van der Waals surface area contributed by atoms with E-state index >= 15 is 0 Å². The van der Waals surface area contributed by atoms with Crippen molar-refractivity contribution < 1.29 is 4.79 Å². The first-order valence-electron chi connectivity index (χ1n) is 7.51. The second kappa shape index (κ2) is 6.39. The van der Waals surface area contributed by atoms with Crippen LogP contribution in [0, 0.1) is 19.3 Å². The van der Waals surface area contributed by atoms with Crippen molar-refractivity contribution in [3.05, 3.63) is 17.5 Å². The Labute approximate surface area is 121 Å². The lowest BCUT2D eigenvalue weighted by Crippen LogP contribution is -2.46. The van der Waals surface area contributed by atoms with E-state index in [0.29, 0.717) is 0 Å². The third-order valence-corrected chi connectivity index (χ3v) is 4.19. The van der Waals surface area contributed by atoms with Gasteiger partial charge in [-0.2, -0.15) is 5.10 Å². The highest BCUT2D eigenvalue weighted by Gasteiger charge is 2.33. The zero-order valence-electron chi connectivity index (χ0n) is 12.8. The standard InChI is InChI=1S/C15H26N4O/c1-12-11-13(2)19(18-12)10-4-7-17-14(20)15(3)5-8-16-9-6-15/h11,16H,4-10H2,1-3H3,(H,17,20). The van der Waals surface area contributed by atoms with Gasteiger partial charge in [0.15, 0.2) is 0 Å². The Morgan fingerprint density at radius 3 is 2.75 bits per heavy atom. The number of amides is 1. The van der Waals surface area contributed by atoms with Gasteiger partial charge in [0.05, 0.1) is 5.69 Å². The minimum absolute atomic E-state index is 0.191. The molecule has 0 bridgehead atoms. The van der Waals surface area contributed by atoms with Crippen molar-refractivity contribution in [2.24, 2.45) is 5.41 Å². The van der Waals surface area contributed by atoms with Crippen molar-refractivity contribution in [3.8, 4) is 0 Å². The van der Waals surface area contributed by atoms with Crippen LogP contribution in [-0.2, 0) is 11.3 Å². The van der Waals surface area contributed by atoms with Gasteiger partial charge in [-0.1, -0.05) is 6.92 Å². The van der Waals surface area contributed by atoms with Crippen molar-refractivity contribution >= 4 is 5.91 Å². The van der Waals surface area contributed by atoms with Crippen molar-refractivity contribution in [2.45, 2.75) is 46.6 Å². The number of nitrogens with zero attached hydrogens (tertiary/aromatic N) is 2. The van der Waals surface area contributed by atoms with Gasteiger partial charge in [0, 0.05) is 24.2 Å². The van der Waals surface area contributed by atoms with Crippen LogP contribution in [-0.4, -0.2) is 35.3 Å². The predicted molar refractivity (Wildman–Crippen MR) is 79.5 cm³/mol. The minimum Gasteiger partial charge on any atom is -0.356 e. The lowest BCUT2D eigenvalue weighted by atomic mass is 9.80. The summed E-state index contributed by atoms with van der Waals surface area (Å²) in [7, 11) is 0. The third kappa shape index (κ3) is 3.60. The fourth-order valence-corrected chi connectivity index (χ4v) is 2.75. The fourth-order valence-electron chi connectivity index (χ4n) is 2.75. The number of aryl methyl sites for hydroxylation is 3. The smallest absolute Gasteiger partial charge is 0.226 e. The summed E-state index contributed by atoms with van der Waals surface area (Å²) < 4.78 is 2.01. The average Bonchev–Trinajstić information content (AvgIpc) is 2.73. The topological polar surface area (TPSA) is 59.0 Å². The van der Waals surface area contributed by atoms with E-state index in [4.69, 9.17) is 0 Å². The molecule has 2 N–H and O–H groups in total. The molecule has 2 rings (SSSR count). The summed E-state index contributed by atoms with van der Waals surface area (Å²) in [5.41, 5.74) is 2.04. The van der Waals surface area contributed by atoms with Gasteiger partial charge in [-0.05, 0) is 52.3 Å². The van der Waals surface area contributed by atoms with Crippen LogP contribution in [0.4, 0.5) is 0 Å². The van der Waals surface area contributed by atoms with Gasteiger partial charge in [-0.25, -0.2) is 0 Å². The predicted octanol–water partition coefficient (Wildman–Crippen LogP) is 1.40. The molecule has 1 aromatic heterocycles. The molecule has 112 valence electrons. The summed E-state index contributed by atoms with van der Waals surface area (Å²) in [6.07, 6.45) is 2.77. The molecule has 0 unspecified atom stereocenters. The summed E-state index contributed by atoms with van der Waals surface area (Å²) in [6.45, 7) is 9.60. The zero-order valence-corrected chi connectivity index (χ0v) is 12.8. The van der Waals surface area contributed by atoms with Crippen LogP contribution in [0.25, 0.3) is 0 Å². The van der Waals surface area contributed by atoms with E-state index in [9.17, 15) is 4.79 Å². The van der Waals surface area contributed by atoms with Gasteiger partial charge < -0.3 is 10.6 Å². The number of hydrogen-bond donors (Lipinski definition) is 2. The highest BCUT2D eigenvalue weighted by atomic mass is 16.2.